The Morgan fingerprint density at radius 1 is 1.27 bits per heavy atom. The fourth-order valence-electron chi connectivity index (χ4n) is 4.98. The smallest absolute Gasteiger partial charge is 0.230 e. The molecule has 2 aliphatic heterocycles. The molecule has 4 rings (SSSR count). The van der Waals surface area contributed by atoms with Crippen molar-refractivity contribution in [3.8, 4) is 5.75 Å². The number of aliphatic hydroxyl groups is 1. The first-order valence-corrected chi connectivity index (χ1v) is 9.77. The zero-order chi connectivity index (χ0) is 18.1. The van der Waals surface area contributed by atoms with E-state index in [2.05, 4.69) is 20.9 Å². The summed E-state index contributed by atoms with van der Waals surface area (Å²) in [6.45, 7) is 2.46. The average Bonchev–Trinajstić information content (AvgIpc) is 2.98. The molecule has 1 radical (unpaired) electrons. The number of likely N-dealkylation sites (tertiary alicyclic amines) is 1. The molecule has 1 atom stereocenters. The third-order valence-corrected chi connectivity index (χ3v) is 6.45. The van der Waals surface area contributed by atoms with Crippen LogP contribution in [0.5, 0.6) is 5.75 Å². The van der Waals surface area contributed by atoms with E-state index < -0.39 is 0 Å². The molecule has 26 heavy (non-hydrogen) atoms. The summed E-state index contributed by atoms with van der Waals surface area (Å²) >= 11 is 0. The van der Waals surface area contributed by atoms with E-state index in [4.69, 9.17) is 4.74 Å². The molecule has 1 N–H and O–H groups in total. The maximum atomic E-state index is 13.4. The number of methoxy groups -OCH3 is 1. The molecule has 6 heteroatoms. The molecule has 3 heterocycles. The quantitative estimate of drug-likeness (QED) is 0.895. The number of ether oxygens (including phenoxy) is 1. The van der Waals surface area contributed by atoms with Crippen molar-refractivity contribution in [3.63, 3.8) is 0 Å². The molecule has 1 aromatic rings. The lowest BCUT2D eigenvalue weighted by atomic mass is 9.78. The summed E-state index contributed by atoms with van der Waals surface area (Å²) in [5, 5.41) is 9.76. The number of amides is 1. The predicted molar refractivity (Wildman–Crippen MR) is 98.1 cm³/mol. The summed E-state index contributed by atoms with van der Waals surface area (Å²) in [4.78, 5) is 22.2. The van der Waals surface area contributed by atoms with Gasteiger partial charge < -0.3 is 19.6 Å². The standard InChI is InChI=1S/C20H28N3O3/c1-26-17-4-2-11-21-18(17)22-12-3-9-20(14-22)10-13-23(19(20)25)15-5-7-16(24)8-6-15/h4,11,15-16,24H,3,5-10,12-14H2,1H3/t15-,16+,20-/m1/s1. The molecular weight excluding hydrogens is 330 g/mol. The van der Waals surface area contributed by atoms with E-state index in [9.17, 15) is 9.90 Å². The van der Waals surface area contributed by atoms with E-state index in [1.165, 1.54) is 0 Å². The van der Waals surface area contributed by atoms with Gasteiger partial charge in [0.05, 0.1) is 18.6 Å². The lowest BCUT2D eigenvalue weighted by Gasteiger charge is -2.41. The Morgan fingerprint density at radius 2 is 2.08 bits per heavy atom. The Balaban J connectivity index is 1.51. The van der Waals surface area contributed by atoms with Crippen LogP contribution >= 0.6 is 0 Å². The average molecular weight is 358 g/mol. The van der Waals surface area contributed by atoms with E-state index in [0.717, 1.165) is 63.9 Å². The van der Waals surface area contributed by atoms with Crippen LogP contribution in [0.3, 0.4) is 0 Å². The molecule has 0 aromatic carbocycles. The number of nitrogens with zero attached hydrogens (tertiary/aromatic N) is 3. The van der Waals surface area contributed by atoms with Gasteiger partial charge >= 0.3 is 0 Å². The number of carbonyl (C=O) groups excluding carboxylic acids is 1. The van der Waals surface area contributed by atoms with Crippen molar-refractivity contribution in [2.75, 3.05) is 31.6 Å². The van der Waals surface area contributed by atoms with Crippen molar-refractivity contribution in [1.82, 2.24) is 9.88 Å². The Bertz CT molecular complexity index is 659. The predicted octanol–water partition coefficient (Wildman–Crippen LogP) is 2.01. The van der Waals surface area contributed by atoms with Gasteiger partial charge in [0.25, 0.3) is 0 Å². The maximum absolute atomic E-state index is 13.4. The Hall–Kier alpha value is -1.82. The van der Waals surface area contributed by atoms with Gasteiger partial charge in [-0.15, -0.1) is 0 Å². The molecule has 0 unspecified atom stereocenters. The number of aromatic nitrogens is 1. The maximum Gasteiger partial charge on any atom is 0.230 e. The third-order valence-electron chi connectivity index (χ3n) is 6.45. The molecule has 0 bridgehead atoms. The summed E-state index contributed by atoms with van der Waals surface area (Å²) in [5.41, 5.74) is -0.291. The molecule has 1 amide bonds. The number of hydrogen-bond acceptors (Lipinski definition) is 5. The molecule has 3 fully saturated rings. The lowest BCUT2D eigenvalue weighted by molar-refractivity contribution is -0.139. The number of anilines is 1. The molecule has 6 nitrogen and oxygen atoms in total. The second kappa shape index (κ2) is 7.06. The monoisotopic (exact) mass is 358 g/mol. The van der Waals surface area contributed by atoms with Gasteiger partial charge in [-0.3, -0.25) is 4.79 Å². The largest absolute Gasteiger partial charge is 0.493 e. The summed E-state index contributed by atoms with van der Waals surface area (Å²) in [5.74, 6) is 1.84. The van der Waals surface area contributed by atoms with Crippen LogP contribution in [0.1, 0.15) is 44.9 Å². The molecule has 1 spiro atoms. The summed E-state index contributed by atoms with van der Waals surface area (Å²) in [7, 11) is 1.65. The minimum atomic E-state index is -0.291. The first-order chi connectivity index (χ1) is 12.6. The van der Waals surface area contributed by atoms with Crippen LogP contribution in [0.4, 0.5) is 5.82 Å². The van der Waals surface area contributed by atoms with Crippen LogP contribution in [-0.2, 0) is 4.79 Å². The Morgan fingerprint density at radius 3 is 2.85 bits per heavy atom. The number of carbonyl (C=O) groups is 1. The fraction of sp³-hybridized carbons (Fsp3) is 0.700. The Kier molecular flexibility index (Phi) is 4.78. The van der Waals surface area contributed by atoms with Crippen molar-refractivity contribution in [2.45, 2.75) is 57.1 Å². The molecule has 141 valence electrons. The van der Waals surface area contributed by atoms with E-state index in [-0.39, 0.29) is 11.5 Å². The molecule has 2 saturated heterocycles. The molecular formula is C20H28N3O3. The molecule has 1 aliphatic carbocycles. The number of rotatable bonds is 3. The fourth-order valence-corrected chi connectivity index (χ4v) is 4.98. The van der Waals surface area contributed by atoms with Crippen molar-refractivity contribution >= 4 is 11.7 Å². The van der Waals surface area contributed by atoms with Gasteiger partial charge in [-0.25, -0.2) is 4.98 Å². The van der Waals surface area contributed by atoms with Crippen molar-refractivity contribution < 1.29 is 14.6 Å². The topological polar surface area (TPSA) is 65.9 Å². The van der Waals surface area contributed by atoms with Crippen molar-refractivity contribution in [3.05, 3.63) is 18.3 Å². The van der Waals surface area contributed by atoms with Gasteiger partial charge in [-0.2, -0.15) is 0 Å². The highest BCUT2D eigenvalue weighted by molar-refractivity contribution is 5.86. The second-order valence-corrected chi connectivity index (χ2v) is 7.98. The summed E-state index contributed by atoms with van der Waals surface area (Å²) in [6.07, 6.45) is 7.83. The molecule has 1 aromatic heterocycles. The molecule has 3 aliphatic rings. The summed E-state index contributed by atoms with van der Waals surface area (Å²) in [6, 6.07) is 5.07. The zero-order valence-corrected chi connectivity index (χ0v) is 15.5. The van der Waals surface area contributed by atoms with E-state index in [0.29, 0.717) is 24.2 Å². The van der Waals surface area contributed by atoms with E-state index in [1.807, 2.05) is 0 Å². The number of pyridine rings is 1. The number of piperidine rings is 1. The van der Waals surface area contributed by atoms with Crippen molar-refractivity contribution in [2.24, 2.45) is 5.41 Å². The van der Waals surface area contributed by atoms with Crippen LogP contribution in [0.2, 0.25) is 0 Å². The van der Waals surface area contributed by atoms with Gasteiger partial charge in [0, 0.05) is 37.9 Å². The summed E-state index contributed by atoms with van der Waals surface area (Å²) < 4.78 is 5.45. The first kappa shape index (κ1) is 17.6. The first-order valence-electron chi connectivity index (χ1n) is 9.77. The van der Waals surface area contributed by atoms with Gasteiger partial charge in [0.1, 0.15) is 0 Å². The van der Waals surface area contributed by atoms with E-state index in [1.54, 1.807) is 19.4 Å². The van der Waals surface area contributed by atoms with Gasteiger partial charge in [0.2, 0.25) is 5.91 Å². The van der Waals surface area contributed by atoms with Crippen LogP contribution < -0.4 is 9.64 Å². The number of aliphatic hydroxyl groups excluding tert-OH is 1. The minimum Gasteiger partial charge on any atom is -0.493 e. The SMILES string of the molecule is COc1c[c]cnc1N1CCC[C@@]2(CCN([C@H]3CC[C@@H](O)CC3)C2=O)C1. The van der Waals surface area contributed by atoms with Gasteiger partial charge in [0.15, 0.2) is 11.6 Å². The van der Waals surface area contributed by atoms with Crippen LogP contribution in [-0.4, -0.2) is 59.8 Å². The molecule has 1 saturated carbocycles. The number of hydrogen-bond donors (Lipinski definition) is 1. The van der Waals surface area contributed by atoms with Gasteiger partial charge in [-0.1, -0.05) is 0 Å². The highest BCUT2D eigenvalue weighted by atomic mass is 16.5. The minimum absolute atomic E-state index is 0.184. The lowest BCUT2D eigenvalue weighted by Crippen LogP contribution is -2.50. The Labute approximate surface area is 155 Å². The third kappa shape index (κ3) is 3.04. The zero-order valence-electron chi connectivity index (χ0n) is 15.5. The van der Waals surface area contributed by atoms with Crippen LogP contribution in [0, 0.1) is 11.5 Å². The second-order valence-electron chi connectivity index (χ2n) is 7.98. The van der Waals surface area contributed by atoms with Crippen LogP contribution in [0.25, 0.3) is 0 Å². The van der Waals surface area contributed by atoms with Gasteiger partial charge in [-0.05, 0) is 51.0 Å². The highest BCUT2D eigenvalue weighted by Gasteiger charge is 2.51. The van der Waals surface area contributed by atoms with E-state index >= 15 is 0 Å². The van der Waals surface area contributed by atoms with Crippen molar-refractivity contribution in [1.29, 1.82) is 0 Å². The highest BCUT2D eigenvalue weighted by Crippen LogP contribution is 2.44. The normalized spacial score (nSPS) is 32.3. The van der Waals surface area contributed by atoms with Crippen LogP contribution in [0.15, 0.2) is 12.3 Å².